The normalized spacial score (nSPS) is 15.3. The summed E-state index contributed by atoms with van der Waals surface area (Å²) in [6.45, 7) is 1.86. The fourth-order valence-electron chi connectivity index (χ4n) is 2.78. The number of carbonyl (C=O) groups is 1. The number of nitrogens with zero attached hydrogens (tertiary/aromatic N) is 2. The van der Waals surface area contributed by atoms with E-state index in [1.54, 1.807) is 23.1 Å². The zero-order valence-electron chi connectivity index (χ0n) is 13.5. The summed E-state index contributed by atoms with van der Waals surface area (Å²) in [5.74, 6) is 1.09. The van der Waals surface area contributed by atoms with E-state index >= 15 is 0 Å². The number of likely N-dealkylation sites (tertiary alicyclic amines) is 1. The molecule has 1 aromatic carbocycles. The van der Waals surface area contributed by atoms with Crippen molar-refractivity contribution in [3.8, 4) is 11.3 Å². The highest BCUT2D eigenvalue weighted by Crippen LogP contribution is 2.29. The quantitative estimate of drug-likeness (QED) is 0.655. The Hall–Kier alpha value is -1.04. The molecule has 6 heteroatoms. The van der Waals surface area contributed by atoms with E-state index in [1.807, 2.05) is 29.2 Å². The molecule has 3 nitrogen and oxygen atoms in total. The predicted octanol–water partition coefficient (Wildman–Crippen LogP) is 5.35. The summed E-state index contributed by atoms with van der Waals surface area (Å²) < 4.78 is 1.02. The molecule has 0 unspecified atom stereocenters. The molecule has 1 aliphatic heterocycles. The van der Waals surface area contributed by atoms with Crippen molar-refractivity contribution in [2.45, 2.75) is 36.4 Å². The van der Waals surface area contributed by atoms with E-state index in [0.717, 1.165) is 52.3 Å². The van der Waals surface area contributed by atoms with Crippen LogP contribution in [0.2, 0.25) is 5.02 Å². The molecule has 0 radical (unpaired) electrons. The minimum absolute atomic E-state index is 0.291. The zero-order valence-corrected chi connectivity index (χ0v) is 15.9. The number of thioether (sulfide) groups is 1. The molecule has 0 saturated carbocycles. The van der Waals surface area contributed by atoms with E-state index in [-0.39, 0.29) is 0 Å². The lowest BCUT2D eigenvalue weighted by molar-refractivity contribution is -0.130. The SMILES string of the molecule is O=C(CCSc1nc(-c2ccc(Cl)cc2)cs1)N1CCCCCC1. The Bertz CT molecular complexity index is 664. The lowest BCUT2D eigenvalue weighted by Crippen LogP contribution is -2.31. The molecule has 0 spiro atoms. The fourth-order valence-corrected chi connectivity index (χ4v) is 4.74. The van der Waals surface area contributed by atoms with Gasteiger partial charge >= 0.3 is 0 Å². The summed E-state index contributed by atoms with van der Waals surface area (Å²) in [5.41, 5.74) is 2.04. The average molecular weight is 381 g/mol. The largest absolute Gasteiger partial charge is 0.343 e. The summed E-state index contributed by atoms with van der Waals surface area (Å²) in [5, 5.41) is 2.79. The first-order valence-electron chi connectivity index (χ1n) is 8.34. The van der Waals surface area contributed by atoms with Crippen molar-refractivity contribution >= 4 is 40.6 Å². The number of halogens is 1. The maximum Gasteiger partial charge on any atom is 0.223 e. The van der Waals surface area contributed by atoms with Gasteiger partial charge < -0.3 is 4.90 Å². The van der Waals surface area contributed by atoms with Gasteiger partial charge in [-0.25, -0.2) is 4.98 Å². The monoisotopic (exact) mass is 380 g/mol. The van der Waals surface area contributed by atoms with Crippen molar-refractivity contribution in [2.75, 3.05) is 18.8 Å². The van der Waals surface area contributed by atoms with E-state index in [1.165, 1.54) is 12.8 Å². The maximum absolute atomic E-state index is 12.3. The molecule has 1 saturated heterocycles. The van der Waals surface area contributed by atoms with Gasteiger partial charge in [-0.1, -0.05) is 48.3 Å². The van der Waals surface area contributed by atoms with Crippen LogP contribution in [0.15, 0.2) is 34.0 Å². The Morgan fingerprint density at radius 3 is 2.58 bits per heavy atom. The van der Waals surface area contributed by atoms with Gasteiger partial charge in [-0.15, -0.1) is 11.3 Å². The molecule has 1 aliphatic rings. The van der Waals surface area contributed by atoms with Crippen LogP contribution in [0.1, 0.15) is 32.1 Å². The molecule has 1 amide bonds. The number of aromatic nitrogens is 1. The van der Waals surface area contributed by atoms with Crippen LogP contribution >= 0.6 is 34.7 Å². The number of rotatable bonds is 5. The fraction of sp³-hybridized carbons (Fsp3) is 0.444. The Morgan fingerprint density at radius 2 is 1.88 bits per heavy atom. The molecule has 3 rings (SSSR count). The van der Waals surface area contributed by atoms with Gasteiger partial charge in [-0.3, -0.25) is 4.79 Å². The number of thiazole rings is 1. The van der Waals surface area contributed by atoms with Gasteiger partial charge in [-0.05, 0) is 25.0 Å². The van der Waals surface area contributed by atoms with Gasteiger partial charge in [0, 0.05) is 41.2 Å². The predicted molar refractivity (Wildman–Crippen MR) is 103 cm³/mol. The zero-order chi connectivity index (χ0) is 16.8. The average Bonchev–Trinajstić information content (AvgIpc) is 2.89. The minimum atomic E-state index is 0.291. The third-order valence-electron chi connectivity index (χ3n) is 4.12. The van der Waals surface area contributed by atoms with Crippen molar-refractivity contribution in [1.82, 2.24) is 9.88 Å². The number of benzene rings is 1. The topological polar surface area (TPSA) is 33.2 Å². The third kappa shape index (κ3) is 4.98. The molecule has 0 N–H and O–H groups in total. The van der Waals surface area contributed by atoms with Gasteiger partial charge in [-0.2, -0.15) is 0 Å². The van der Waals surface area contributed by atoms with Crippen LogP contribution < -0.4 is 0 Å². The number of carbonyl (C=O) groups excluding carboxylic acids is 1. The van der Waals surface area contributed by atoms with Gasteiger partial charge in [0.2, 0.25) is 5.91 Å². The van der Waals surface area contributed by atoms with Gasteiger partial charge in [0.1, 0.15) is 0 Å². The minimum Gasteiger partial charge on any atom is -0.343 e. The second-order valence-electron chi connectivity index (χ2n) is 5.90. The highest BCUT2D eigenvalue weighted by molar-refractivity contribution is 8.01. The van der Waals surface area contributed by atoms with Crippen molar-refractivity contribution in [3.05, 3.63) is 34.7 Å². The Morgan fingerprint density at radius 1 is 1.17 bits per heavy atom. The van der Waals surface area contributed by atoms with Crippen LogP contribution in [0.5, 0.6) is 0 Å². The first-order chi connectivity index (χ1) is 11.7. The van der Waals surface area contributed by atoms with Crippen LogP contribution in [-0.4, -0.2) is 34.6 Å². The van der Waals surface area contributed by atoms with E-state index in [2.05, 4.69) is 10.4 Å². The third-order valence-corrected chi connectivity index (χ3v) is 6.40. The second kappa shape index (κ2) is 8.88. The van der Waals surface area contributed by atoms with Crippen LogP contribution in [0.25, 0.3) is 11.3 Å². The highest BCUT2D eigenvalue weighted by Gasteiger charge is 2.15. The Balaban J connectivity index is 1.48. The molecule has 0 atom stereocenters. The number of hydrogen-bond acceptors (Lipinski definition) is 4. The van der Waals surface area contributed by atoms with Crippen LogP contribution in [-0.2, 0) is 4.79 Å². The second-order valence-corrected chi connectivity index (χ2v) is 8.54. The van der Waals surface area contributed by atoms with Crippen LogP contribution in [0.4, 0.5) is 0 Å². The lowest BCUT2D eigenvalue weighted by atomic mass is 10.2. The van der Waals surface area contributed by atoms with Crippen molar-refractivity contribution in [2.24, 2.45) is 0 Å². The highest BCUT2D eigenvalue weighted by atomic mass is 35.5. The summed E-state index contributed by atoms with van der Waals surface area (Å²) in [4.78, 5) is 19.0. The summed E-state index contributed by atoms with van der Waals surface area (Å²) in [6, 6.07) is 7.72. The van der Waals surface area contributed by atoms with Gasteiger partial charge in [0.15, 0.2) is 4.34 Å². The van der Waals surface area contributed by atoms with Gasteiger partial charge in [0.05, 0.1) is 5.69 Å². The maximum atomic E-state index is 12.3. The number of hydrogen-bond donors (Lipinski definition) is 0. The van der Waals surface area contributed by atoms with Gasteiger partial charge in [0.25, 0.3) is 0 Å². The molecule has 1 aromatic heterocycles. The molecule has 24 heavy (non-hydrogen) atoms. The smallest absolute Gasteiger partial charge is 0.223 e. The molecule has 128 valence electrons. The molecule has 2 heterocycles. The van der Waals surface area contributed by atoms with Crippen molar-refractivity contribution < 1.29 is 4.79 Å². The van der Waals surface area contributed by atoms with E-state index in [0.29, 0.717) is 12.3 Å². The van der Waals surface area contributed by atoms with Crippen molar-refractivity contribution in [3.63, 3.8) is 0 Å². The van der Waals surface area contributed by atoms with Crippen LogP contribution in [0, 0.1) is 0 Å². The lowest BCUT2D eigenvalue weighted by Gasteiger charge is -2.19. The summed E-state index contributed by atoms with van der Waals surface area (Å²) in [7, 11) is 0. The first-order valence-corrected chi connectivity index (χ1v) is 10.6. The first kappa shape index (κ1) is 17.8. The Kier molecular flexibility index (Phi) is 6.58. The number of amides is 1. The van der Waals surface area contributed by atoms with Crippen molar-refractivity contribution in [1.29, 1.82) is 0 Å². The summed E-state index contributed by atoms with van der Waals surface area (Å²) >= 11 is 9.22. The standard InChI is InChI=1S/C18H21ClN2OS2/c19-15-7-5-14(6-8-15)16-13-24-18(20-16)23-12-9-17(22)21-10-3-1-2-4-11-21/h5-8,13H,1-4,9-12H2. The van der Waals surface area contributed by atoms with Crippen LogP contribution in [0.3, 0.4) is 0 Å². The molecule has 2 aromatic rings. The summed E-state index contributed by atoms with van der Waals surface area (Å²) in [6.07, 6.45) is 5.41. The van der Waals surface area contributed by atoms with E-state index < -0.39 is 0 Å². The van der Waals surface area contributed by atoms with E-state index in [4.69, 9.17) is 11.6 Å². The van der Waals surface area contributed by atoms with E-state index in [9.17, 15) is 4.79 Å². The molecular weight excluding hydrogens is 360 g/mol. The Labute approximate surface area is 156 Å². The molecular formula is C18H21ClN2OS2. The molecule has 1 fully saturated rings. The molecule has 0 bridgehead atoms. The molecule has 0 aliphatic carbocycles.